The maximum atomic E-state index is 14.0. The molecule has 0 radical (unpaired) electrons. The zero-order valence-corrected chi connectivity index (χ0v) is 13.7. The van der Waals surface area contributed by atoms with E-state index in [0.29, 0.717) is 9.98 Å². The van der Waals surface area contributed by atoms with Crippen molar-refractivity contribution in [1.82, 2.24) is 14.6 Å². The standard InChI is InChI=1S/C17H9ClFN3OS/c18-11-7-5-10(6-8-11)14-9-15(23)22-16(20-21-17(22)24-14)12-3-1-2-4-13(12)19/h1-9H. The summed E-state index contributed by atoms with van der Waals surface area (Å²) in [7, 11) is 0. The Morgan fingerprint density at radius 1 is 1.04 bits per heavy atom. The van der Waals surface area contributed by atoms with E-state index in [9.17, 15) is 9.18 Å². The van der Waals surface area contributed by atoms with Crippen LogP contribution in [0.4, 0.5) is 4.39 Å². The minimum absolute atomic E-state index is 0.201. The summed E-state index contributed by atoms with van der Waals surface area (Å²) in [5.41, 5.74) is 0.796. The van der Waals surface area contributed by atoms with E-state index in [4.69, 9.17) is 11.6 Å². The van der Waals surface area contributed by atoms with Gasteiger partial charge in [-0.2, -0.15) is 0 Å². The molecule has 0 aliphatic heterocycles. The summed E-state index contributed by atoms with van der Waals surface area (Å²) in [5, 5.41) is 8.66. The summed E-state index contributed by atoms with van der Waals surface area (Å²) in [6.07, 6.45) is 0. The maximum Gasteiger partial charge on any atom is 0.260 e. The molecule has 0 bridgehead atoms. The van der Waals surface area contributed by atoms with Gasteiger partial charge in [0.2, 0.25) is 4.96 Å². The van der Waals surface area contributed by atoms with Gasteiger partial charge in [-0.3, -0.25) is 4.79 Å². The summed E-state index contributed by atoms with van der Waals surface area (Å²) in [5.74, 6) is -0.245. The molecule has 0 amide bonds. The van der Waals surface area contributed by atoms with Crippen LogP contribution in [-0.4, -0.2) is 14.6 Å². The van der Waals surface area contributed by atoms with Crippen LogP contribution in [0.1, 0.15) is 0 Å². The zero-order valence-electron chi connectivity index (χ0n) is 12.1. The van der Waals surface area contributed by atoms with Crippen LogP contribution in [0.25, 0.3) is 26.8 Å². The van der Waals surface area contributed by atoms with E-state index in [0.717, 1.165) is 10.4 Å². The lowest BCUT2D eigenvalue weighted by Gasteiger charge is -2.03. The third kappa shape index (κ3) is 2.50. The molecule has 2 aromatic heterocycles. The Balaban J connectivity index is 1.92. The first-order valence-electron chi connectivity index (χ1n) is 7.03. The third-order valence-corrected chi connectivity index (χ3v) is 4.83. The Morgan fingerprint density at radius 3 is 2.54 bits per heavy atom. The fraction of sp³-hybridized carbons (Fsp3) is 0. The predicted octanol–water partition coefficient (Wildman–Crippen LogP) is 4.28. The quantitative estimate of drug-likeness (QED) is 0.538. The van der Waals surface area contributed by atoms with Crippen LogP contribution in [-0.2, 0) is 0 Å². The lowest BCUT2D eigenvalue weighted by atomic mass is 10.2. The van der Waals surface area contributed by atoms with Crippen molar-refractivity contribution in [3.05, 3.63) is 75.8 Å². The van der Waals surface area contributed by atoms with E-state index in [1.54, 1.807) is 30.3 Å². The first-order chi connectivity index (χ1) is 11.6. The van der Waals surface area contributed by atoms with Crippen LogP contribution in [0.5, 0.6) is 0 Å². The first kappa shape index (κ1) is 15.0. The van der Waals surface area contributed by atoms with E-state index >= 15 is 0 Å². The Kier molecular flexibility index (Phi) is 3.63. The molecule has 0 saturated heterocycles. The second kappa shape index (κ2) is 5.81. The van der Waals surface area contributed by atoms with Gasteiger partial charge in [0.1, 0.15) is 5.82 Å². The zero-order chi connectivity index (χ0) is 16.7. The number of rotatable bonds is 2. The number of benzene rings is 2. The van der Waals surface area contributed by atoms with Crippen LogP contribution in [0.3, 0.4) is 0 Å². The van der Waals surface area contributed by atoms with Gasteiger partial charge in [0.15, 0.2) is 5.82 Å². The van der Waals surface area contributed by atoms with Crippen molar-refractivity contribution in [1.29, 1.82) is 0 Å². The van der Waals surface area contributed by atoms with Gasteiger partial charge >= 0.3 is 0 Å². The number of hydrogen-bond acceptors (Lipinski definition) is 4. The molecule has 0 atom stereocenters. The molecule has 24 heavy (non-hydrogen) atoms. The van der Waals surface area contributed by atoms with E-state index in [1.165, 1.54) is 27.9 Å². The first-order valence-corrected chi connectivity index (χ1v) is 8.23. The SMILES string of the molecule is O=c1cc(-c2ccc(Cl)cc2)sc2nnc(-c3ccccc3F)n12. The molecule has 4 aromatic rings. The second-order valence-electron chi connectivity index (χ2n) is 5.08. The molecule has 0 N–H and O–H groups in total. The van der Waals surface area contributed by atoms with Gasteiger partial charge in [0.05, 0.1) is 5.56 Å². The Bertz CT molecular complexity index is 1100. The number of halogens is 2. The molecule has 0 fully saturated rings. The summed E-state index contributed by atoms with van der Waals surface area (Å²) >= 11 is 7.20. The molecular formula is C17H9ClFN3OS. The molecule has 2 aromatic carbocycles. The maximum absolute atomic E-state index is 14.0. The molecule has 4 nitrogen and oxygen atoms in total. The van der Waals surface area contributed by atoms with Crippen LogP contribution >= 0.6 is 22.9 Å². The molecule has 118 valence electrons. The van der Waals surface area contributed by atoms with Crippen LogP contribution in [0.2, 0.25) is 5.02 Å². The highest BCUT2D eigenvalue weighted by atomic mass is 35.5. The lowest BCUT2D eigenvalue weighted by Crippen LogP contribution is -2.12. The number of hydrogen-bond donors (Lipinski definition) is 0. The molecule has 0 spiro atoms. The summed E-state index contributed by atoms with van der Waals surface area (Å²) in [4.78, 5) is 13.7. The molecule has 0 aliphatic rings. The van der Waals surface area contributed by atoms with Gasteiger partial charge in [-0.1, -0.05) is 47.2 Å². The van der Waals surface area contributed by atoms with Crippen molar-refractivity contribution in [2.75, 3.05) is 0 Å². The highest BCUT2D eigenvalue weighted by Gasteiger charge is 2.16. The number of fused-ring (bicyclic) bond motifs is 1. The molecule has 7 heteroatoms. The second-order valence-corrected chi connectivity index (χ2v) is 6.52. The molecular weight excluding hydrogens is 349 g/mol. The van der Waals surface area contributed by atoms with E-state index in [2.05, 4.69) is 10.2 Å². The third-order valence-electron chi connectivity index (χ3n) is 3.55. The van der Waals surface area contributed by atoms with Crippen LogP contribution < -0.4 is 5.56 Å². The van der Waals surface area contributed by atoms with E-state index < -0.39 is 5.82 Å². The minimum atomic E-state index is -0.446. The van der Waals surface area contributed by atoms with Crippen molar-refractivity contribution in [3.8, 4) is 21.8 Å². The van der Waals surface area contributed by atoms with Gasteiger partial charge < -0.3 is 0 Å². The normalized spacial score (nSPS) is 11.1. The summed E-state index contributed by atoms with van der Waals surface area (Å²) < 4.78 is 15.3. The fourth-order valence-corrected chi connectivity index (χ4v) is 3.50. The molecule has 0 unspecified atom stereocenters. The van der Waals surface area contributed by atoms with Gasteiger partial charge in [-0.25, -0.2) is 8.79 Å². The van der Waals surface area contributed by atoms with Gasteiger partial charge in [-0.05, 0) is 29.8 Å². The van der Waals surface area contributed by atoms with Crippen LogP contribution in [0, 0.1) is 5.82 Å². The molecule has 4 rings (SSSR count). The largest absolute Gasteiger partial charge is 0.269 e. The monoisotopic (exact) mass is 357 g/mol. The Morgan fingerprint density at radius 2 is 1.79 bits per heavy atom. The van der Waals surface area contributed by atoms with Crippen molar-refractivity contribution in [2.24, 2.45) is 0 Å². The molecule has 2 heterocycles. The van der Waals surface area contributed by atoms with Crippen molar-refractivity contribution in [2.45, 2.75) is 0 Å². The molecule has 0 saturated carbocycles. The van der Waals surface area contributed by atoms with E-state index in [-0.39, 0.29) is 16.9 Å². The predicted molar refractivity (Wildman–Crippen MR) is 93.0 cm³/mol. The van der Waals surface area contributed by atoms with Crippen molar-refractivity contribution in [3.63, 3.8) is 0 Å². The van der Waals surface area contributed by atoms with Crippen molar-refractivity contribution < 1.29 is 4.39 Å². The summed E-state index contributed by atoms with van der Waals surface area (Å²) in [6.45, 7) is 0. The van der Waals surface area contributed by atoms with Gasteiger partial charge in [0.25, 0.3) is 5.56 Å². The van der Waals surface area contributed by atoms with Crippen LogP contribution in [0.15, 0.2) is 59.4 Å². The topological polar surface area (TPSA) is 47.3 Å². The minimum Gasteiger partial charge on any atom is -0.269 e. The lowest BCUT2D eigenvalue weighted by molar-refractivity contribution is 0.629. The highest BCUT2D eigenvalue weighted by Crippen LogP contribution is 2.28. The average Bonchev–Trinajstić information content (AvgIpc) is 3.00. The van der Waals surface area contributed by atoms with E-state index in [1.807, 2.05) is 12.1 Å². The van der Waals surface area contributed by atoms with Gasteiger partial charge in [0, 0.05) is 16.0 Å². The summed E-state index contributed by atoms with van der Waals surface area (Å²) in [6, 6.07) is 14.8. The number of aromatic nitrogens is 3. The Hall–Kier alpha value is -2.57. The number of nitrogens with zero attached hydrogens (tertiary/aromatic N) is 3. The highest BCUT2D eigenvalue weighted by molar-refractivity contribution is 7.19. The van der Waals surface area contributed by atoms with Crippen molar-refractivity contribution >= 4 is 27.9 Å². The fourth-order valence-electron chi connectivity index (χ4n) is 2.41. The Labute approximate surface area is 144 Å². The smallest absolute Gasteiger partial charge is 0.260 e. The van der Waals surface area contributed by atoms with Gasteiger partial charge in [-0.15, -0.1) is 10.2 Å². The average molecular weight is 358 g/mol. The molecule has 0 aliphatic carbocycles.